The highest BCUT2D eigenvalue weighted by molar-refractivity contribution is 5.89. The summed E-state index contributed by atoms with van der Waals surface area (Å²) >= 11 is 0. The lowest BCUT2D eigenvalue weighted by Crippen LogP contribution is -2.52. The summed E-state index contributed by atoms with van der Waals surface area (Å²) in [7, 11) is 8.06. The Labute approximate surface area is 301 Å². The first-order valence-corrected chi connectivity index (χ1v) is 18.6. The third-order valence-corrected chi connectivity index (χ3v) is 10.6. The van der Waals surface area contributed by atoms with Crippen molar-refractivity contribution in [2.75, 3.05) is 60.9 Å². The van der Waals surface area contributed by atoms with E-state index in [2.05, 4.69) is 113 Å². The maximum Gasteiger partial charge on any atom is 0.120 e. The number of hydrogen-bond acceptors (Lipinski definition) is 7. The van der Waals surface area contributed by atoms with E-state index in [9.17, 15) is 0 Å². The molecule has 2 heterocycles. The van der Waals surface area contributed by atoms with Gasteiger partial charge in [0.1, 0.15) is 11.7 Å². The predicted octanol–water partition coefficient (Wildman–Crippen LogP) is 5.47. The second kappa shape index (κ2) is 17.8. The third kappa shape index (κ3) is 9.06. The SMILES string of the molecule is C=C(CNC)N(C)[C@@H](CC(C)C)/C1=N/C/C=C\c2cc(C3=C=CC=C=C(CN/C(=N\C)C4C5CCC(C5)N4CCNC)/C=C\3)cc(C)c2CN1. The molecule has 8 nitrogen and oxygen atoms in total. The molecule has 268 valence electrons. The zero-order chi connectivity index (χ0) is 35.6. The third-order valence-electron chi connectivity index (χ3n) is 10.6. The summed E-state index contributed by atoms with van der Waals surface area (Å²) in [5.41, 5.74) is 15.1. The quantitative estimate of drug-likeness (QED) is 0.119. The Balaban J connectivity index is 1.29. The number of nitrogens with one attached hydrogen (secondary N) is 4. The van der Waals surface area contributed by atoms with E-state index in [1.54, 1.807) is 0 Å². The van der Waals surface area contributed by atoms with Gasteiger partial charge in [0, 0.05) is 69.7 Å². The highest BCUT2D eigenvalue weighted by Gasteiger charge is 2.47. The summed E-state index contributed by atoms with van der Waals surface area (Å²) in [4.78, 5) is 14.8. The van der Waals surface area contributed by atoms with Gasteiger partial charge in [0.15, 0.2) is 0 Å². The predicted molar refractivity (Wildman–Crippen MR) is 213 cm³/mol. The number of fused-ring (bicyclic) bond motifs is 3. The number of nitrogens with zero attached hydrogens (tertiary/aromatic N) is 4. The highest BCUT2D eigenvalue weighted by atomic mass is 15.3. The van der Waals surface area contributed by atoms with Gasteiger partial charge in [-0.15, -0.1) is 11.5 Å². The normalized spacial score (nSPS) is 24.8. The fourth-order valence-corrected chi connectivity index (χ4v) is 8.00. The second-order valence-corrected chi connectivity index (χ2v) is 14.6. The Morgan fingerprint density at radius 3 is 2.72 bits per heavy atom. The topological polar surface area (TPSA) is 79.3 Å². The minimum atomic E-state index is 0.135. The van der Waals surface area contributed by atoms with Gasteiger partial charge in [-0.2, -0.15) is 0 Å². The Morgan fingerprint density at radius 2 is 1.96 bits per heavy atom. The fraction of sp³-hybridized carbons (Fsp3) is 0.524. The molecule has 1 saturated heterocycles. The van der Waals surface area contributed by atoms with Crippen molar-refractivity contribution in [2.45, 2.75) is 71.1 Å². The summed E-state index contributed by atoms with van der Waals surface area (Å²) in [5, 5.41) is 14.1. The molecule has 0 aromatic heterocycles. The molecule has 2 aliphatic heterocycles. The Morgan fingerprint density at radius 1 is 1.14 bits per heavy atom. The number of aryl methyl sites for hydroxylation is 1. The molecular formula is C42H60N8. The van der Waals surface area contributed by atoms with Crippen molar-refractivity contribution in [3.63, 3.8) is 0 Å². The largest absolute Gasteiger partial charge is 0.368 e. The van der Waals surface area contributed by atoms with Crippen molar-refractivity contribution in [3.8, 4) is 0 Å². The molecule has 5 rings (SSSR count). The molecule has 0 spiro atoms. The van der Waals surface area contributed by atoms with Crippen LogP contribution in [0.4, 0.5) is 0 Å². The van der Waals surface area contributed by atoms with Gasteiger partial charge in [0.2, 0.25) is 0 Å². The van der Waals surface area contributed by atoms with Crippen molar-refractivity contribution >= 4 is 23.3 Å². The molecule has 2 fully saturated rings. The second-order valence-electron chi connectivity index (χ2n) is 14.6. The molecule has 8 heteroatoms. The summed E-state index contributed by atoms with van der Waals surface area (Å²) in [6.45, 7) is 15.9. The van der Waals surface area contributed by atoms with Crippen molar-refractivity contribution in [1.82, 2.24) is 31.1 Å². The summed E-state index contributed by atoms with van der Waals surface area (Å²) < 4.78 is 0. The fourth-order valence-electron chi connectivity index (χ4n) is 8.00. The molecule has 1 aromatic rings. The van der Waals surface area contributed by atoms with Crippen molar-refractivity contribution in [3.05, 3.63) is 94.1 Å². The molecule has 2 aliphatic carbocycles. The molecule has 4 aliphatic rings. The Kier molecular flexibility index (Phi) is 13.3. The smallest absolute Gasteiger partial charge is 0.120 e. The molecule has 1 saturated carbocycles. The zero-order valence-corrected chi connectivity index (χ0v) is 31.6. The summed E-state index contributed by atoms with van der Waals surface area (Å²) in [6, 6.07) is 5.79. The number of likely N-dealkylation sites (N-methyl/N-ethyl adjacent to an activating group) is 3. The number of amidine groups is 2. The summed E-state index contributed by atoms with van der Waals surface area (Å²) in [5.74, 6) is 3.35. The first kappa shape index (κ1) is 37.4. The number of allylic oxidation sites excluding steroid dienone is 2. The Hall–Kier alpha value is -3.90. The van der Waals surface area contributed by atoms with E-state index in [0.717, 1.165) is 60.1 Å². The monoisotopic (exact) mass is 676 g/mol. The van der Waals surface area contributed by atoms with E-state index in [0.29, 0.717) is 43.6 Å². The van der Waals surface area contributed by atoms with Gasteiger partial charge in [0.25, 0.3) is 0 Å². The van der Waals surface area contributed by atoms with Crippen molar-refractivity contribution in [2.24, 2.45) is 21.8 Å². The van der Waals surface area contributed by atoms with Crippen LogP contribution in [0.5, 0.6) is 0 Å². The minimum absolute atomic E-state index is 0.135. The number of piperidine rings is 1. The first-order chi connectivity index (χ1) is 24.2. The molecule has 2 bridgehead atoms. The number of benzene rings is 1. The van der Waals surface area contributed by atoms with Gasteiger partial charge in [-0.25, -0.2) is 0 Å². The minimum Gasteiger partial charge on any atom is -0.368 e. The van der Waals surface area contributed by atoms with Crippen LogP contribution >= 0.6 is 0 Å². The summed E-state index contributed by atoms with van der Waals surface area (Å²) in [6.07, 6.45) is 17.6. The average Bonchev–Trinajstić information content (AvgIpc) is 3.72. The van der Waals surface area contributed by atoms with Crippen molar-refractivity contribution in [1.29, 1.82) is 0 Å². The van der Waals surface area contributed by atoms with Crippen LogP contribution in [0.2, 0.25) is 0 Å². The zero-order valence-electron chi connectivity index (χ0n) is 31.6. The van der Waals surface area contributed by atoms with E-state index >= 15 is 0 Å². The van der Waals surface area contributed by atoms with E-state index in [-0.39, 0.29) is 6.04 Å². The van der Waals surface area contributed by atoms with Gasteiger partial charge in [-0.05, 0) is 111 Å². The molecule has 0 amide bonds. The van der Waals surface area contributed by atoms with Crippen LogP contribution in [-0.4, -0.2) is 101 Å². The van der Waals surface area contributed by atoms with Crippen LogP contribution in [0.15, 0.2) is 81.8 Å². The van der Waals surface area contributed by atoms with Crippen molar-refractivity contribution < 1.29 is 0 Å². The number of aliphatic imine (C=N–C) groups is 2. The lowest BCUT2D eigenvalue weighted by Gasteiger charge is -2.36. The molecule has 3 unspecified atom stereocenters. The van der Waals surface area contributed by atoms with Crippen LogP contribution in [0.25, 0.3) is 11.6 Å². The number of hydrogen-bond donors (Lipinski definition) is 4. The highest BCUT2D eigenvalue weighted by Crippen LogP contribution is 2.42. The number of rotatable bonds is 14. The van der Waals surface area contributed by atoms with E-state index in [1.165, 1.54) is 36.0 Å². The van der Waals surface area contributed by atoms with Crippen LogP contribution in [0.3, 0.4) is 0 Å². The maximum atomic E-state index is 5.05. The van der Waals surface area contributed by atoms with Crippen LogP contribution in [-0.2, 0) is 6.54 Å². The van der Waals surface area contributed by atoms with Crippen LogP contribution < -0.4 is 21.3 Å². The molecule has 4 N–H and O–H groups in total. The van der Waals surface area contributed by atoms with E-state index < -0.39 is 0 Å². The molecular weight excluding hydrogens is 617 g/mol. The van der Waals surface area contributed by atoms with Gasteiger partial charge in [0.05, 0.1) is 18.6 Å². The number of likely N-dealkylation sites (tertiary alicyclic amines) is 1. The first-order valence-electron chi connectivity index (χ1n) is 18.6. The molecule has 50 heavy (non-hydrogen) atoms. The standard InChI is InChI=1S/C42H60N8/c1-29(2)22-39(49(8)31(4)26-44-6)41-46-19-11-14-34-24-36(23-30(3)38(34)28-48-41)33-13-10-9-12-32(15-16-33)27-47-42(45-7)40-35-17-18-37(25-35)50(40)21-20-43-5/h9-11,14-16,23-24,29,35,37,39-40,43-44H,4,17-22,25-28H2,1-3,5-8H3,(H,45,47)(H,46,48)/b14-11-,16-15-/t12?,13?,35?,37?,39-,40?/m0/s1. The van der Waals surface area contributed by atoms with Gasteiger partial charge in [-0.1, -0.05) is 38.6 Å². The molecule has 4 atom stereocenters. The maximum absolute atomic E-state index is 5.05. The lowest BCUT2D eigenvalue weighted by molar-refractivity contribution is 0.179. The van der Waals surface area contributed by atoms with E-state index in [4.69, 9.17) is 9.98 Å². The molecule has 1 aromatic carbocycles. The lowest BCUT2D eigenvalue weighted by atomic mass is 9.93. The molecule has 0 radical (unpaired) electrons. The van der Waals surface area contributed by atoms with Gasteiger partial charge in [-0.3, -0.25) is 14.9 Å². The van der Waals surface area contributed by atoms with Crippen LogP contribution in [0, 0.1) is 18.8 Å². The van der Waals surface area contributed by atoms with Crippen LogP contribution in [0.1, 0.15) is 61.8 Å². The van der Waals surface area contributed by atoms with E-state index in [1.807, 2.05) is 33.3 Å². The average molecular weight is 677 g/mol. The van der Waals surface area contributed by atoms with Gasteiger partial charge >= 0.3 is 0 Å². The van der Waals surface area contributed by atoms with Gasteiger partial charge < -0.3 is 26.2 Å². The Bertz CT molecular complexity index is 1630.